The van der Waals surface area contributed by atoms with E-state index in [4.69, 9.17) is 0 Å². The predicted molar refractivity (Wildman–Crippen MR) is 126 cm³/mol. The van der Waals surface area contributed by atoms with Gasteiger partial charge in [0.25, 0.3) is 5.91 Å². The van der Waals surface area contributed by atoms with Gasteiger partial charge in [-0.1, -0.05) is 54.6 Å². The van der Waals surface area contributed by atoms with Crippen LogP contribution in [-0.4, -0.2) is 59.2 Å². The molecule has 5 heteroatoms. The summed E-state index contributed by atoms with van der Waals surface area (Å²) in [4.78, 5) is 31.1. The molecule has 5 rings (SSSR count). The SMILES string of the molecule is O=C1CCCN1Cc1ccc(C(=O)N2CCN(Cc3cccc4ccccc34)CC2)cc1. The molecule has 0 bridgehead atoms. The van der Waals surface area contributed by atoms with E-state index in [2.05, 4.69) is 47.4 Å². The van der Waals surface area contributed by atoms with Crippen LogP contribution in [0.2, 0.25) is 0 Å². The standard InChI is InChI=1S/C27H29N3O2/c31-26-9-4-14-30(26)19-21-10-12-23(13-11-21)27(32)29-17-15-28(16-18-29)20-24-7-3-6-22-5-1-2-8-25(22)24/h1-3,5-8,10-13H,4,9,14-20H2. The van der Waals surface area contributed by atoms with Gasteiger partial charge in [0.2, 0.25) is 5.91 Å². The van der Waals surface area contributed by atoms with Gasteiger partial charge in [0.1, 0.15) is 0 Å². The van der Waals surface area contributed by atoms with Gasteiger partial charge in [-0.15, -0.1) is 0 Å². The Morgan fingerprint density at radius 2 is 1.53 bits per heavy atom. The second kappa shape index (κ2) is 9.13. The minimum atomic E-state index is 0.0959. The largest absolute Gasteiger partial charge is 0.338 e. The van der Waals surface area contributed by atoms with Crippen molar-refractivity contribution in [3.05, 3.63) is 83.4 Å². The minimum absolute atomic E-state index is 0.0959. The average Bonchev–Trinajstić information content (AvgIpc) is 3.24. The van der Waals surface area contributed by atoms with Crippen molar-refractivity contribution in [3.63, 3.8) is 0 Å². The fourth-order valence-corrected chi connectivity index (χ4v) is 4.81. The first-order valence-electron chi connectivity index (χ1n) is 11.5. The molecule has 0 atom stereocenters. The van der Waals surface area contributed by atoms with Gasteiger partial charge in [-0.2, -0.15) is 0 Å². The normalized spacial score (nSPS) is 17.3. The Balaban J connectivity index is 1.17. The molecular formula is C27H29N3O2. The van der Waals surface area contributed by atoms with Gasteiger partial charge >= 0.3 is 0 Å². The van der Waals surface area contributed by atoms with E-state index in [9.17, 15) is 9.59 Å². The molecular weight excluding hydrogens is 398 g/mol. The fraction of sp³-hybridized carbons (Fsp3) is 0.333. The van der Waals surface area contributed by atoms with Crippen molar-refractivity contribution < 1.29 is 9.59 Å². The molecule has 0 saturated carbocycles. The lowest BCUT2D eigenvalue weighted by Crippen LogP contribution is -2.48. The Hall–Kier alpha value is -3.18. The third-order valence-corrected chi connectivity index (χ3v) is 6.68. The Labute approximate surface area is 189 Å². The van der Waals surface area contributed by atoms with Gasteiger partial charge < -0.3 is 9.80 Å². The molecule has 0 N–H and O–H groups in total. The summed E-state index contributed by atoms with van der Waals surface area (Å²) in [6, 6.07) is 22.8. The van der Waals surface area contributed by atoms with Crippen LogP contribution in [0.5, 0.6) is 0 Å². The van der Waals surface area contributed by atoms with E-state index >= 15 is 0 Å². The molecule has 0 aliphatic carbocycles. The molecule has 0 aromatic heterocycles. The number of likely N-dealkylation sites (tertiary alicyclic amines) is 1. The maximum Gasteiger partial charge on any atom is 0.253 e. The lowest BCUT2D eigenvalue weighted by molar-refractivity contribution is -0.128. The summed E-state index contributed by atoms with van der Waals surface area (Å²) in [5.74, 6) is 0.324. The highest BCUT2D eigenvalue weighted by Gasteiger charge is 2.23. The van der Waals surface area contributed by atoms with Crippen molar-refractivity contribution in [1.29, 1.82) is 0 Å². The first kappa shape index (κ1) is 20.7. The van der Waals surface area contributed by atoms with Crippen LogP contribution in [0.1, 0.15) is 34.3 Å². The highest BCUT2D eigenvalue weighted by Crippen LogP contribution is 2.21. The maximum atomic E-state index is 13.0. The van der Waals surface area contributed by atoms with E-state index < -0.39 is 0 Å². The zero-order valence-corrected chi connectivity index (χ0v) is 18.4. The summed E-state index contributed by atoms with van der Waals surface area (Å²) in [6.07, 6.45) is 1.60. The van der Waals surface area contributed by atoms with Crippen molar-refractivity contribution in [2.24, 2.45) is 0 Å². The molecule has 2 aliphatic rings. The summed E-state index contributed by atoms with van der Waals surface area (Å²) >= 11 is 0. The van der Waals surface area contributed by atoms with Gasteiger partial charge in [0.15, 0.2) is 0 Å². The van der Waals surface area contributed by atoms with Gasteiger partial charge in [-0.05, 0) is 40.5 Å². The summed E-state index contributed by atoms with van der Waals surface area (Å²) < 4.78 is 0. The molecule has 0 spiro atoms. The number of piperazine rings is 1. The number of rotatable bonds is 5. The number of nitrogens with zero attached hydrogens (tertiary/aromatic N) is 3. The van der Waals surface area contributed by atoms with Crippen LogP contribution in [0.15, 0.2) is 66.7 Å². The molecule has 32 heavy (non-hydrogen) atoms. The first-order valence-corrected chi connectivity index (χ1v) is 11.5. The van der Waals surface area contributed by atoms with Crippen molar-refractivity contribution >= 4 is 22.6 Å². The van der Waals surface area contributed by atoms with E-state index in [0.29, 0.717) is 13.0 Å². The van der Waals surface area contributed by atoms with Gasteiger partial charge in [-0.3, -0.25) is 14.5 Å². The van der Waals surface area contributed by atoms with Crippen LogP contribution >= 0.6 is 0 Å². The predicted octanol–water partition coefficient (Wildman–Crippen LogP) is 3.92. The number of benzene rings is 3. The van der Waals surface area contributed by atoms with Crippen LogP contribution in [-0.2, 0) is 17.9 Å². The second-order valence-corrected chi connectivity index (χ2v) is 8.82. The smallest absolute Gasteiger partial charge is 0.253 e. The van der Waals surface area contributed by atoms with Crippen LogP contribution in [0.4, 0.5) is 0 Å². The molecule has 0 unspecified atom stereocenters. The van der Waals surface area contributed by atoms with Crippen LogP contribution in [0, 0.1) is 0 Å². The number of hydrogen-bond donors (Lipinski definition) is 0. The quantitative estimate of drug-likeness (QED) is 0.620. The van der Waals surface area contributed by atoms with Gasteiger partial charge in [-0.25, -0.2) is 0 Å². The summed E-state index contributed by atoms with van der Waals surface area (Å²) in [7, 11) is 0. The third-order valence-electron chi connectivity index (χ3n) is 6.68. The summed E-state index contributed by atoms with van der Waals surface area (Å²) in [5.41, 5.74) is 3.15. The Bertz CT molecular complexity index is 1110. The van der Waals surface area contributed by atoms with Crippen molar-refractivity contribution in [2.75, 3.05) is 32.7 Å². The number of carbonyl (C=O) groups is 2. The lowest BCUT2D eigenvalue weighted by atomic mass is 10.0. The Kier molecular flexibility index (Phi) is 5.91. The van der Waals surface area contributed by atoms with Crippen LogP contribution in [0.25, 0.3) is 10.8 Å². The molecule has 164 valence electrons. The molecule has 2 aliphatic heterocycles. The van der Waals surface area contributed by atoms with E-state index in [-0.39, 0.29) is 11.8 Å². The molecule has 2 saturated heterocycles. The Morgan fingerprint density at radius 3 is 2.28 bits per heavy atom. The summed E-state index contributed by atoms with van der Waals surface area (Å²) in [5, 5.41) is 2.58. The van der Waals surface area contributed by atoms with Crippen LogP contribution < -0.4 is 0 Å². The number of amides is 2. The zero-order chi connectivity index (χ0) is 21.9. The van der Waals surface area contributed by atoms with Gasteiger partial charge in [0.05, 0.1) is 0 Å². The number of hydrogen-bond acceptors (Lipinski definition) is 3. The van der Waals surface area contributed by atoms with E-state index in [1.165, 1.54) is 16.3 Å². The number of carbonyl (C=O) groups excluding carboxylic acids is 2. The molecule has 5 nitrogen and oxygen atoms in total. The van der Waals surface area contributed by atoms with Gasteiger partial charge in [0, 0.05) is 57.8 Å². The monoisotopic (exact) mass is 427 g/mol. The zero-order valence-electron chi connectivity index (χ0n) is 18.4. The molecule has 0 radical (unpaired) electrons. The lowest BCUT2D eigenvalue weighted by Gasteiger charge is -2.35. The van der Waals surface area contributed by atoms with Crippen LogP contribution in [0.3, 0.4) is 0 Å². The highest BCUT2D eigenvalue weighted by molar-refractivity contribution is 5.94. The molecule has 2 fully saturated rings. The maximum absolute atomic E-state index is 13.0. The Morgan fingerprint density at radius 1 is 0.781 bits per heavy atom. The average molecular weight is 428 g/mol. The van der Waals surface area contributed by atoms with Crippen molar-refractivity contribution in [2.45, 2.75) is 25.9 Å². The second-order valence-electron chi connectivity index (χ2n) is 8.82. The molecule has 2 heterocycles. The molecule has 3 aromatic rings. The van der Waals surface area contributed by atoms with E-state index in [0.717, 1.165) is 56.8 Å². The van der Waals surface area contributed by atoms with E-state index in [1.807, 2.05) is 34.1 Å². The van der Waals surface area contributed by atoms with Crippen molar-refractivity contribution in [3.8, 4) is 0 Å². The third kappa shape index (κ3) is 4.39. The summed E-state index contributed by atoms with van der Waals surface area (Å²) in [6.45, 7) is 5.63. The minimum Gasteiger partial charge on any atom is -0.338 e. The highest BCUT2D eigenvalue weighted by atomic mass is 16.2. The fourth-order valence-electron chi connectivity index (χ4n) is 4.81. The van der Waals surface area contributed by atoms with Crippen molar-refractivity contribution in [1.82, 2.24) is 14.7 Å². The molecule has 3 aromatic carbocycles. The first-order chi connectivity index (χ1) is 15.7. The molecule has 2 amide bonds. The van der Waals surface area contributed by atoms with E-state index in [1.54, 1.807) is 0 Å². The topological polar surface area (TPSA) is 43.9 Å². The number of fused-ring (bicyclic) bond motifs is 1.